The average molecular weight is 270 g/mol. The van der Waals surface area contributed by atoms with Crippen LogP contribution >= 0.6 is 0 Å². The number of halogens is 1. The fraction of sp³-hybridized carbons (Fsp3) is 0.308. The summed E-state index contributed by atoms with van der Waals surface area (Å²) in [6.07, 6.45) is 0. The molecule has 0 aliphatic carbocycles. The Bertz CT molecular complexity index is 538. The molecule has 2 N–H and O–H groups in total. The summed E-state index contributed by atoms with van der Waals surface area (Å²) in [7, 11) is -0.916. The summed E-state index contributed by atoms with van der Waals surface area (Å²) >= 11 is 0. The molecule has 1 aromatic carbocycles. The van der Waals surface area contributed by atoms with Gasteiger partial charge >= 0.3 is 0 Å². The Morgan fingerprint density at radius 1 is 1.44 bits per heavy atom. The Morgan fingerprint density at radius 3 is 2.61 bits per heavy atom. The van der Waals surface area contributed by atoms with Crippen LogP contribution in [-0.4, -0.2) is 17.1 Å². The molecule has 0 spiro atoms. The fourth-order valence-corrected chi connectivity index (χ4v) is 2.32. The van der Waals surface area contributed by atoms with Gasteiger partial charge in [-0.1, -0.05) is 24.8 Å². The van der Waals surface area contributed by atoms with E-state index in [0.29, 0.717) is 17.7 Å². The summed E-state index contributed by atoms with van der Waals surface area (Å²) in [5, 5.41) is 2.97. The SMILES string of the molecule is C=C(C)NCc1cccc(CS(=C)(=O)NC)c1F. The van der Waals surface area contributed by atoms with Gasteiger partial charge in [-0.25, -0.2) is 9.11 Å². The van der Waals surface area contributed by atoms with E-state index in [-0.39, 0.29) is 11.6 Å². The number of hydrogen-bond donors (Lipinski definition) is 2. The third-order valence-corrected chi connectivity index (χ3v) is 4.02. The second kappa shape index (κ2) is 6.02. The molecule has 1 rings (SSSR count). The number of hydrogen-bond acceptors (Lipinski definition) is 2. The van der Waals surface area contributed by atoms with E-state index < -0.39 is 9.71 Å². The molecule has 100 valence electrons. The van der Waals surface area contributed by atoms with Gasteiger partial charge in [0.15, 0.2) is 0 Å². The number of benzene rings is 1. The molecule has 0 radical (unpaired) electrons. The fourth-order valence-electron chi connectivity index (χ4n) is 1.45. The van der Waals surface area contributed by atoms with Crippen molar-refractivity contribution in [3.05, 3.63) is 47.4 Å². The molecule has 3 nitrogen and oxygen atoms in total. The maximum atomic E-state index is 14.1. The van der Waals surface area contributed by atoms with Gasteiger partial charge in [0.05, 0.1) is 5.75 Å². The minimum atomic E-state index is -2.47. The first-order chi connectivity index (χ1) is 8.35. The van der Waals surface area contributed by atoms with Crippen LogP contribution < -0.4 is 10.0 Å². The Hall–Kier alpha value is -1.33. The lowest BCUT2D eigenvalue weighted by molar-refractivity contribution is 0.590. The normalized spacial score (nSPS) is 13.9. The third kappa shape index (κ3) is 4.16. The van der Waals surface area contributed by atoms with Crippen molar-refractivity contribution in [3.8, 4) is 0 Å². The van der Waals surface area contributed by atoms with Crippen LogP contribution in [0.2, 0.25) is 0 Å². The molecule has 18 heavy (non-hydrogen) atoms. The average Bonchev–Trinajstić information content (AvgIpc) is 2.30. The number of nitrogens with one attached hydrogen (secondary N) is 2. The third-order valence-electron chi connectivity index (χ3n) is 2.50. The van der Waals surface area contributed by atoms with Gasteiger partial charge in [0.2, 0.25) is 0 Å². The lowest BCUT2D eigenvalue weighted by Crippen LogP contribution is -2.21. The van der Waals surface area contributed by atoms with Crippen molar-refractivity contribution in [3.63, 3.8) is 0 Å². The highest BCUT2D eigenvalue weighted by atomic mass is 32.2. The zero-order valence-electron chi connectivity index (χ0n) is 10.8. The monoisotopic (exact) mass is 270 g/mol. The molecule has 0 aromatic heterocycles. The molecule has 5 heteroatoms. The van der Waals surface area contributed by atoms with Crippen LogP contribution in [0.25, 0.3) is 0 Å². The Balaban J connectivity index is 2.95. The maximum Gasteiger partial charge on any atom is 0.132 e. The van der Waals surface area contributed by atoms with E-state index in [0.717, 1.165) is 5.70 Å². The van der Waals surface area contributed by atoms with Crippen molar-refractivity contribution in [2.75, 3.05) is 7.05 Å². The first-order valence-corrected chi connectivity index (χ1v) is 7.44. The standard InChI is InChI=1S/C13H19FN2OS/c1-10(2)16-8-11-6-5-7-12(13(11)14)9-18(4,17)15-3/h5-7,16H,1,4,8-9H2,2-3H3,(H,15,17). The molecule has 1 unspecified atom stereocenters. The Morgan fingerprint density at radius 2 is 2.06 bits per heavy atom. The quantitative estimate of drug-likeness (QED) is 0.774. The van der Waals surface area contributed by atoms with Gasteiger partial charge in [-0.2, -0.15) is 0 Å². The van der Waals surface area contributed by atoms with E-state index in [1.807, 2.05) is 6.92 Å². The molecule has 0 amide bonds. The van der Waals surface area contributed by atoms with E-state index >= 15 is 0 Å². The van der Waals surface area contributed by atoms with E-state index in [9.17, 15) is 8.60 Å². The van der Waals surface area contributed by atoms with Crippen molar-refractivity contribution in [2.45, 2.75) is 19.2 Å². The zero-order valence-corrected chi connectivity index (χ0v) is 11.6. The van der Waals surface area contributed by atoms with Gasteiger partial charge in [0.1, 0.15) is 5.82 Å². The smallest absolute Gasteiger partial charge is 0.132 e. The summed E-state index contributed by atoms with van der Waals surface area (Å²) in [6.45, 7) is 5.87. The van der Waals surface area contributed by atoms with Gasteiger partial charge in [0.25, 0.3) is 0 Å². The van der Waals surface area contributed by atoms with Crippen molar-refractivity contribution < 1.29 is 8.60 Å². The van der Waals surface area contributed by atoms with Crippen molar-refractivity contribution in [1.82, 2.24) is 10.0 Å². The molecular formula is C13H19FN2OS. The highest BCUT2D eigenvalue weighted by Crippen LogP contribution is 2.15. The van der Waals surface area contributed by atoms with Crippen molar-refractivity contribution in [1.29, 1.82) is 0 Å². The minimum absolute atomic E-state index is 0.0796. The van der Waals surface area contributed by atoms with Crippen LogP contribution in [0.15, 0.2) is 30.5 Å². The molecule has 0 saturated carbocycles. The topological polar surface area (TPSA) is 41.1 Å². The van der Waals surface area contributed by atoms with Crippen LogP contribution in [0, 0.1) is 5.82 Å². The van der Waals surface area contributed by atoms with Gasteiger partial charge in [-0.3, -0.25) is 4.21 Å². The lowest BCUT2D eigenvalue weighted by Gasteiger charge is -2.12. The molecule has 0 aliphatic heterocycles. The molecule has 0 bridgehead atoms. The van der Waals surface area contributed by atoms with Crippen molar-refractivity contribution >= 4 is 15.6 Å². The van der Waals surface area contributed by atoms with E-state index in [4.69, 9.17) is 0 Å². The van der Waals surface area contributed by atoms with E-state index in [2.05, 4.69) is 22.5 Å². The van der Waals surface area contributed by atoms with Crippen LogP contribution in [0.3, 0.4) is 0 Å². The summed E-state index contributed by atoms with van der Waals surface area (Å²) in [4.78, 5) is 0. The lowest BCUT2D eigenvalue weighted by atomic mass is 10.1. The first kappa shape index (κ1) is 14.7. The number of rotatable bonds is 6. The summed E-state index contributed by atoms with van der Waals surface area (Å²) < 4.78 is 28.6. The van der Waals surface area contributed by atoms with E-state index in [1.54, 1.807) is 25.2 Å². The summed E-state index contributed by atoms with van der Waals surface area (Å²) in [5.74, 6) is 3.29. The maximum absolute atomic E-state index is 14.1. The molecule has 0 heterocycles. The molecule has 1 aromatic rings. The Kier molecular flexibility index (Phi) is 4.93. The van der Waals surface area contributed by atoms with Crippen LogP contribution in [-0.2, 0) is 22.0 Å². The number of allylic oxidation sites excluding steroid dienone is 1. The van der Waals surface area contributed by atoms with Crippen LogP contribution in [0.4, 0.5) is 4.39 Å². The van der Waals surface area contributed by atoms with Crippen molar-refractivity contribution in [2.24, 2.45) is 0 Å². The summed E-state index contributed by atoms with van der Waals surface area (Å²) in [6, 6.07) is 5.07. The van der Waals surface area contributed by atoms with Crippen LogP contribution in [0.1, 0.15) is 18.1 Å². The minimum Gasteiger partial charge on any atom is -0.385 e. The largest absolute Gasteiger partial charge is 0.385 e. The highest BCUT2D eigenvalue weighted by molar-refractivity contribution is 7.97. The Labute approximate surface area is 108 Å². The van der Waals surface area contributed by atoms with Gasteiger partial charge in [0, 0.05) is 33.1 Å². The predicted octanol–water partition coefficient (Wildman–Crippen LogP) is 1.80. The van der Waals surface area contributed by atoms with Crippen LogP contribution in [0.5, 0.6) is 0 Å². The molecule has 0 fully saturated rings. The molecule has 1 atom stereocenters. The van der Waals surface area contributed by atoms with E-state index in [1.165, 1.54) is 0 Å². The second-order valence-corrected chi connectivity index (χ2v) is 6.51. The summed E-state index contributed by atoms with van der Waals surface area (Å²) in [5.41, 5.74) is 1.71. The second-order valence-electron chi connectivity index (χ2n) is 4.18. The molecule has 0 saturated heterocycles. The predicted molar refractivity (Wildman–Crippen MR) is 76.1 cm³/mol. The molecular weight excluding hydrogens is 251 g/mol. The first-order valence-electron chi connectivity index (χ1n) is 5.55. The highest BCUT2D eigenvalue weighted by Gasteiger charge is 2.11. The van der Waals surface area contributed by atoms with Gasteiger partial charge in [-0.15, -0.1) is 0 Å². The van der Waals surface area contributed by atoms with Gasteiger partial charge in [-0.05, 0) is 19.8 Å². The zero-order chi connectivity index (χ0) is 13.8. The van der Waals surface area contributed by atoms with Gasteiger partial charge < -0.3 is 5.32 Å². The molecule has 0 aliphatic rings.